The highest BCUT2D eigenvalue weighted by molar-refractivity contribution is 6.01. The van der Waals surface area contributed by atoms with E-state index in [9.17, 15) is 9.59 Å². The van der Waals surface area contributed by atoms with Crippen LogP contribution in [0.15, 0.2) is 36.4 Å². The van der Waals surface area contributed by atoms with E-state index in [1.165, 1.54) is 25.0 Å². The molecule has 0 amide bonds. The SMILES string of the molecule is CC(=O)Oc1c2c(c(OC(C)=O)c3cc4c(cc13)[C@H]1C=C[C@@H]4C1)[C@H]1C=C[C@@H]2C1. The minimum atomic E-state index is -0.322. The summed E-state index contributed by atoms with van der Waals surface area (Å²) in [5.74, 6) is 1.93. The van der Waals surface area contributed by atoms with Crippen LogP contribution in [0.25, 0.3) is 10.8 Å². The lowest BCUT2D eigenvalue weighted by Gasteiger charge is -2.23. The van der Waals surface area contributed by atoms with Gasteiger partial charge >= 0.3 is 11.9 Å². The Morgan fingerprint density at radius 2 is 1.11 bits per heavy atom. The van der Waals surface area contributed by atoms with Crippen molar-refractivity contribution in [2.45, 2.75) is 50.4 Å². The van der Waals surface area contributed by atoms with Crippen molar-refractivity contribution >= 4 is 22.7 Å². The third-order valence-corrected chi connectivity index (χ3v) is 6.69. The third-order valence-electron chi connectivity index (χ3n) is 6.69. The summed E-state index contributed by atoms with van der Waals surface area (Å²) in [6.45, 7) is 2.89. The Kier molecular flexibility index (Phi) is 3.07. The Morgan fingerprint density at radius 3 is 1.54 bits per heavy atom. The highest BCUT2D eigenvalue weighted by atomic mass is 16.5. The van der Waals surface area contributed by atoms with Crippen LogP contribution in [0, 0.1) is 0 Å². The molecular weight excluding hydrogens is 352 g/mol. The average molecular weight is 372 g/mol. The van der Waals surface area contributed by atoms with Gasteiger partial charge in [0.25, 0.3) is 0 Å². The first-order valence-electron chi connectivity index (χ1n) is 9.92. The summed E-state index contributed by atoms with van der Waals surface area (Å²) >= 11 is 0. The zero-order chi connectivity index (χ0) is 19.2. The second-order valence-corrected chi connectivity index (χ2v) is 8.37. The maximum Gasteiger partial charge on any atom is 0.308 e. The van der Waals surface area contributed by atoms with Crippen molar-refractivity contribution in [1.82, 2.24) is 0 Å². The number of allylic oxidation sites excluding steroid dienone is 4. The van der Waals surface area contributed by atoms with Crippen molar-refractivity contribution in [3.05, 3.63) is 58.7 Å². The summed E-state index contributed by atoms with van der Waals surface area (Å²) < 4.78 is 11.6. The molecule has 0 saturated carbocycles. The summed E-state index contributed by atoms with van der Waals surface area (Å²) in [6.07, 6.45) is 11.0. The van der Waals surface area contributed by atoms with Gasteiger partial charge in [-0.3, -0.25) is 9.59 Å². The minimum absolute atomic E-state index is 0.206. The van der Waals surface area contributed by atoms with E-state index < -0.39 is 0 Å². The highest BCUT2D eigenvalue weighted by Gasteiger charge is 2.41. The molecule has 0 saturated heterocycles. The summed E-state index contributed by atoms with van der Waals surface area (Å²) in [4.78, 5) is 23.9. The van der Waals surface area contributed by atoms with E-state index in [1.54, 1.807) is 0 Å². The molecule has 0 radical (unpaired) electrons. The fourth-order valence-electron chi connectivity index (χ4n) is 5.72. The zero-order valence-electron chi connectivity index (χ0n) is 15.8. The van der Waals surface area contributed by atoms with Crippen molar-refractivity contribution in [1.29, 1.82) is 0 Å². The van der Waals surface area contributed by atoms with Gasteiger partial charge in [0.15, 0.2) is 0 Å². The Balaban J connectivity index is 1.72. The Morgan fingerprint density at radius 1 is 0.714 bits per heavy atom. The summed E-state index contributed by atoms with van der Waals surface area (Å²) in [5.41, 5.74) is 4.65. The van der Waals surface area contributed by atoms with Crippen LogP contribution >= 0.6 is 0 Å². The van der Waals surface area contributed by atoms with E-state index in [1.807, 2.05) is 0 Å². The van der Waals surface area contributed by atoms with E-state index in [0.29, 0.717) is 23.3 Å². The van der Waals surface area contributed by atoms with E-state index >= 15 is 0 Å². The molecule has 0 heterocycles. The predicted octanol–water partition coefficient (Wildman–Crippen LogP) is 4.97. The quantitative estimate of drug-likeness (QED) is 0.424. The smallest absolute Gasteiger partial charge is 0.308 e. The molecule has 0 N–H and O–H groups in total. The van der Waals surface area contributed by atoms with Gasteiger partial charge in [-0.25, -0.2) is 0 Å². The number of benzene rings is 2. The van der Waals surface area contributed by atoms with Crippen LogP contribution in [0.1, 0.15) is 72.6 Å². The number of hydrogen-bond donors (Lipinski definition) is 0. The number of esters is 2. The van der Waals surface area contributed by atoms with Crippen molar-refractivity contribution < 1.29 is 19.1 Å². The molecule has 0 spiro atoms. The Labute approximate surface area is 162 Å². The van der Waals surface area contributed by atoms with Gasteiger partial charge in [0.2, 0.25) is 0 Å². The first kappa shape index (κ1) is 16.1. The second kappa shape index (κ2) is 5.34. The summed E-state index contributed by atoms with van der Waals surface area (Å²) in [7, 11) is 0. The highest BCUT2D eigenvalue weighted by Crippen LogP contribution is 2.60. The number of carbonyl (C=O) groups is 2. The number of fused-ring (bicyclic) bond motifs is 11. The third kappa shape index (κ3) is 2.00. The Bertz CT molecular complexity index is 1070. The molecule has 4 aliphatic rings. The minimum Gasteiger partial charge on any atom is -0.426 e. The van der Waals surface area contributed by atoms with Crippen molar-refractivity contribution in [2.75, 3.05) is 0 Å². The van der Waals surface area contributed by atoms with Crippen LogP contribution in [-0.4, -0.2) is 11.9 Å². The number of rotatable bonds is 2. The molecule has 4 heteroatoms. The van der Waals surface area contributed by atoms with Crippen LogP contribution in [0.4, 0.5) is 0 Å². The molecule has 0 fully saturated rings. The first-order valence-corrected chi connectivity index (χ1v) is 9.92. The van der Waals surface area contributed by atoms with Crippen LogP contribution in [0.5, 0.6) is 11.5 Å². The van der Waals surface area contributed by atoms with Crippen molar-refractivity contribution in [3.8, 4) is 11.5 Å². The molecule has 4 atom stereocenters. The van der Waals surface area contributed by atoms with Crippen LogP contribution < -0.4 is 9.47 Å². The molecule has 4 aliphatic carbocycles. The van der Waals surface area contributed by atoms with E-state index in [4.69, 9.17) is 9.47 Å². The Hall–Kier alpha value is -2.88. The molecule has 4 nitrogen and oxygen atoms in total. The first-order chi connectivity index (χ1) is 13.5. The lowest BCUT2D eigenvalue weighted by Crippen LogP contribution is -2.11. The molecule has 2 aromatic rings. The molecule has 2 aromatic carbocycles. The maximum absolute atomic E-state index is 12.0. The predicted molar refractivity (Wildman–Crippen MR) is 105 cm³/mol. The van der Waals surface area contributed by atoms with E-state index in [0.717, 1.165) is 34.7 Å². The van der Waals surface area contributed by atoms with Crippen LogP contribution in [0.2, 0.25) is 0 Å². The van der Waals surface area contributed by atoms with Gasteiger partial charge in [-0.15, -0.1) is 0 Å². The van der Waals surface area contributed by atoms with Gasteiger partial charge in [-0.1, -0.05) is 24.3 Å². The van der Waals surface area contributed by atoms with Crippen molar-refractivity contribution in [2.24, 2.45) is 0 Å². The fraction of sp³-hybridized carbons (Fsp3) is 0.333. The molecular formula is C24H20O4. The van der Waals surface area contributed by atoms with Gasteiger partial charge in [-0.2, -0.15) is 0 Å². The molecule has 0 aromatic heterocycles. The van der Waals surface area contributed by atoms with E-state index in [2.05, 4.69) is 36.4 Å². The van der Waals surface area contributed by atoms with Gasteiger partial charge in [0.05, 0.1) is 0 Å². The lowest BCUT2D eigenvalue weighted by atomic mass is 9.87. The number of hydrogen-bond acceptors (Lipinski definition) is 4. The molecule has 0 aliphatic heterocycles. The van der Waals surface area contributed by atoms with Crippen molar-refractivity contribution in [3.63, 3.8) is 0 Å². The molecule has 4 bridgehead atoms. The summed E-state index contributed by atoms with van der Waals surface area (Å²) in [5, 5.41) is 1.76. The van der Waals surface area contributed by atoms with Gasteiger partial charge < -0.3 is 9.47 Å². The molecule has 140 valence electrons. The molecule has 28 heavy (non-hydrogen) atoms. The monoisotopic (exact) mass is 372 g/mol. The molecule has 6 rings (SSSR count). The molecule has 0 unspecified atom stereocenters. The number of ether oxygens (including phenoxy) is 2. The van der Waals surface area contributed by atoms with Gasteiger partial charge in [0.1, 0.15) is 11.5 Å². The maximum atomic E-state index is 12.0. The van der Waals surface area contributed by atoms with E-state index in [-0.39, 0.29) is 23.8 Å². The van der Waals surface area contributed by atoms with Gasteiger partial charge in [0, 0.05) is 59.4 Å². The second-order valence-electron chi connectivity index (χ2n) is 8.37. The average Bonchev–Trinajstić information content (AvgIpc) is 3.42. The van der Waals surface area contributed by atoms with Crippen LogP contribution in [0.3, 0.4) is 0 Å². The standard InChI is InChI=1S/C24H20O4/c1-11(25)27-23-19-9-17-13-3-4-14(7-13)18(17)10-20(19)24(28-12(2)26)22-16-6-5-15(8-16)21(22)23/h3-6,9-10,13-16H,7-8H2,1-2H3/t13-,14+,15+,16-. The summed E-state index contributed by atoms with van der Waals surface area (Å²) in [6, 6.07) is 4.33. The number of carbonyl (C=O) groups excluding carboxylic acids is 2. The normalized spacial score (nSPS) is 27.4. The lowest BCUT2D eigenvalue weighted by molar-refractivity contribution is -0.133. The largest absolute Gasteiger partial charge is 0.426 e. The van der Waals surface area contributed by atoms with Crippen LogP contribution in [-0.2, 0) is 9.59 Å². The van der Waals surface area contributed by atoms with Gasteiger partial charge in [-0.05, 0) is 36.1 Å². The zero-order valence-corrected chi connectivity index (χ0v) is 15.8. The fourth-order valence-corrected chi connectivity index (χ4v) is 5.72. The topological polar surface area (TPSA) is 52.6 Å².